The molecule has 1 atom stereocenters. The standard InChI is InChI=1S/C11H20N2O2/c1-9(2)10-5-3-7-13(10)11(15)12-6-4-8-14/h8-10H,3-7H2,1-2H3,(H,12,15). The summed E-state index contributed by atoms with van der Waals surface area (Å²) in [6, 6.07) is 0.342. The van der Waals surface area contributed by atoms with E-state index < -0.39 is 0 Å². The predicted octanol–water partition coefficient (Wildman–Crippen LogP) is 1.41. The molecule has 1 rings (SSSR count). The lowest BCUT2D eigenvalue weighted by Gasteiger charge is -2.27. The van der Waals surface area contributed by atoms with Gasteiger partial charge in [0.05, 0.1) is 0 Å². The Balaban J connectivity index is 2.40. The van der Waals surface area contributed by atoms with E-state index in [1.54, 1.807) is 0 Å². The number of likely N-dealkylation sites (tertiary alicyclic amines) is 1. The topological polar surface area (TPSA) is 49.4 Å². The van der Waals surface area contributed by atoms with Crippen LogP contribution in [0.25, 0.3) is 0 Å². The van der Waals surface area contributed by atoms with Crippen LogP contribution in [0.3, 0.4) is 0 Å². The highest BCUT2D eigenvalue weighted by atomic mass is 16.2. The van der Waals surface area contributed by atoms with Crippen molar-refractivity contribution < 1.29 is 9.59 Å². The molecule has 4 heteroatoms. The lowest BCUT2D eigenvalue weighted by atomic mass is 10.0. The first-order valence-corrected chi connectivity index (χ1v) is 5.65. The molecule has 86 valence electrons. The molecular formula is C11H20N2O2. The number of urea groups is 1. The van der Waals surface area contributed by atoms with Gasteiger partial charge in [-0.05, 0) is 18.8 Å². The van der Waals surface area contributed by atoms with E-state index in [9.17, 15) is 9.59 Å². The average Bonchev–Trinajstić information content (AvgIpc) is 2.66. The predicted molar refractivity (Wildman–Crippen MR) is 58.6 cm³/mol. The summed E-state index contributed by atoms with van der Waals surface area (Å²) >= 11 is 0. The van der Waals surface area contributed by atoms with E-state index in [1.165, 1.54) is 0 Å². The van der Waals surface area contributed by atoms with Gasteiger partial charge in [0.15, 0.2) is 0 Å². The van der Waals surface area contributed by atoms with Gasteiger partial charge < -0.3 is 15.0 Å². The molecule has 0 spiro atoms. The second-order valence-corrected chi connectivity index (χ2v) is 4.33. The highest BCUT2D eigenvalue weighted by Gasteiger charge is 2.30. The largest absolute Gasteiger partial charge is 0.338 e. The molecule has 0 aromatic carbocycles. The van der Waals surface area contributed by atoms with Crippen LogP contribution in [-0.4, -0.2) is 36.3 Å². The van der Waals surface area contributed by atoms with E-state index in [1.807, 2.05) is 4.90 Å². The number of rotatable bonds is 4. The first-order chi connectivity index (χ1) is 7.16. The maximum Gasteiger partial charge on any atom is 0.317 e. The molecule has 2 amide bonds. The molecule has 0 bridgehead atoms. The van der Waals surface area contributed by atoms with Crippen LogP contribution in [0.1, 0.15) is 33.1 Å². The average molecular weight is 212 g/mol. The first-order valence-electron chi connectivity index (χ1n) is 5.65. The third-order valence-electron chi connectivity index (χ3n) is 2.87. The molecule has 15 heavy (non-hydrogen) atoms. The molecule has 0 aromatic rings. The summed E-state index contributed by atoms with van der Waals surface area (Å²) in [6.07, 6.45) is 3.40. The van der Waals surface area contributed by atoms with Gasteiger partial charge >= 0.3 is 6.03 Å². The molecule has 0 saturated carbocycles. The van der Waals surface area contributed by atoms with Gasteiger partial charge in [-0.2, -0.15) is 0 Å². The number of nitrogens with one attached hydrogen (secondary N) is 1. The van der Waals surface area contributed by atoms with Crippen molar-refractivity contribution in [3.63, 3.8) is 0 Å². The Kier molecular flexibility index (Phi) is 4.59. The monoisotopic (exact) mass is 212 g/mol. The Bertz CT molecular complexity index is 229. The maximum atomic E-state index is 11.7. The van der Waals surface area contributed by atoms with Crippen molar-refractivity contribution in [2.75, 3.05) is 13.1 Å². The van der Waals surface area contributed by atoms with Gasteiger partial charge in [0.1, 0.15) is 6.29 Å². The fourth-order valence-electron chi connectivity index (χ4n) is 2.08. The molecule has 0 aromatic heterocycles. The Morgan fingerprint density at radius 1 is 1.60 bits per heavy atom. The summed E-state index contributed by atoms with van der Waals surface area (Å²) in [4.78, 5) is 23.7. The van der Waals surface area contributed by atoms with E-state index in [2.05, 4.69) is 19.2 Å². The summed E-state index contributed by atoms with van der Waals surface area (Å²) in [5.74, 6) is 0.504. The van der Waals surface area contributed by atoms with Crippen molar-refractivity contribution >= 4 is 12.3 Å². The fraction of sp³-hybridized carbons (Fsp3) is 0.818. The lowest BCUT2D eigenvalue weighted by Crippen LogP contribution is -2.45. The van der Waals surface area contributed by atoms with Gasteiger partial charge in [0.2, 0.25) is 0 Å². The van der Waals surface area contributed by atoms with E-state index >= 15 is 0 Å². The van der Waals surface area contributed by atoms with E-state index in [-0.39, 0.29) is 6.03 Å². The van der Waals surface area contributed by atoms with Gasteiger partial charge in [-0.3, -0.25) is 0 Å². The zero-order valence-electron chi connectivity index (χ0n) is 9.53. The summed E-state index contributed by atoms with van der Waals surface area (Å²) < 4.78 is 0. The number of carbonyl (C=O) groups is 2. The van der Waals surface area contributed by atoms with Gasteiger partial charge in [-0.25, -0.2) is 4.79 Å². The summed E-state index contributed by atoms with van der Waals surface area (Å²) in [5, 5.41) is 2.77. The number of hydrogen-bond donors (Lipinski definition) is 1. The molecule has 1 aliphatic heterocycles. The Hall–Kier alpha value is -1.06. The minimum atomic E-state index is -0.0203. The second-order valence-electron chi connectivity index (χ2n) is 4.33. The number of carbonyl (C=O) groups excluding carboxylic acids is 2. The molecule has 1 unspecified atom stereocenters. The van der Waals surface area contributed by atoms with Crippen molar-refractivity contribution in [2.24, 2.45) is 5.92 Å². The second kappa shape index (κ2) is 5.73. The molecular weight excluding hydrogens is 192 g/mol. The maximum absolute atomic E-state index is 11.7. The van der Waals surface area contributed by atoms with E-state index in [4.69, 9.17) is 0 Å². The van der Waals surface area contributed by atoms with Crippen molar-refractivity contribution in [2.45, 2.75) is 39.2 Å². The zero-order valence-corrected chi connectivity index (χ0v) is 9.53. The highest BCUT2D eigenvalue weighted by molar-refractivity contribution is 5.75. The molecule has 0 radical (unpaired) electrons. The van der Waals surface area contributed by atoms with Gasteiger partial charge in [-0.1, -0.05) is 13.8 Å². The van der Waals surface area contributed by atoms with Gasteiger partial charge in [0, 0.05) is 25.6 Å². The number of aldehydes is 1. The SMILES string of the molecule is CC(C)C1CCCN1C(=O)NCCC=O. The summed E-state index contributed by atoms with van der Waals surface area (Å²) in [5.41, 5.74) is 0. The van der Waals surface area contributed by atoms with Crippen molar-refractivity contribution in [3.8, 4) is 0 Å². The highest BCUT2D eigenvalue weighted by Crippen LogP contribution is 2.23. The number of nitrogens with zero attached hydrogens (tertiary/aromatic N) is 1. The minimum Gasteiger partial charge on any atom is -0.338 e. The Labute approximate surface area is 91.0 Å². The molecule has 1 saturated heterocycles. The molecule has 1 aliphatic rings. The van der Waals surface area contributed by atoms with Crippen LogP contribution in [0, 0.1) is 5.92 Å². The molecule has 1 N–H and O–H groups in total. The Morgan fingerprint density at radius 3 is 2.93 bits per heavy atom. The van der Waals surface area contributed by atoms with Crippen LogP contribution in [0.5, 0.6) is 0 Å². The zero-order chi connectivity index (χ0) is 11.3. The van der Waals surface area contributed by atoms with Crippen LogP contribution in [-0.2, 0) is 4.79 Å². The lowest BCUT2D eigenvalue weighted by molar-refractivity contribution is -0.107. The van der Waals surface area contributed by atoms with Crippen molar-refractivity contribution in [1.29, 1.82) is 0 Å². The smallest absolute Gasteiger partial charge is 0.317 e. The molecule has 4 nitrogen and oxygen atoms in total. The number of hydrogen-bond acceptors (Lipinski definition) is 2. The third-order valence-corrected chi connectivity index (χ3v) is 2.87. The third kappa shape index (κ3) is 3.22. The molecule has 1 fully saturated rings. The van der Waals surface area contributed by atoms with Crippen molar-refractivity contribution in [3.05, 3.63) is 0 Å². The minimum absolute atomic E-state index is 0.0203. The van der Waals surface area contributed by atoms with Gasteiger partial charge in [-0.15, -0.1) is 0 Å². The Morgan fingerprint density at radius 2 is 2.33 bits per heavy atom. The normalized spacial score (nSPS) is 20.7. The van der Waals surface area contributed by atoms with E-state index in [0.29, 0.717) is 24.9 Å². The fourth-order valence-corrected chi connectivity index (χ4v) is 2.08. The van der Waals surface area contributed by atoms with Crippen LogP contribution >= 0.6 is 0 Å². The van der Waals surface area contributed by atoms with E-state index in [0.717, 1.165) is 25.7 Å². The van der Waals surface area contributed by atoms with Crippen LogP contribution in [0.2, 0.25) is 0 Å². The molecule has 1 heterocycles. The molecule has 0 aliphatic carbocycles. The number of amides is 2. The quantitative estimate of drug-likeness (QED) is 0.565. The van der Waals surface area contributed by atoms with Crippen molar-refractivity contribution in [1.82, 2.24) is 10.2 Å². The first kappa shape index (κ1) is 12.0. The summed E-state index contributed by atoms with van der Waals surface area (Å²) in [7, 11) is 0. The van der Waals surface area contributed by atoms with Gasteiger partial charge in [0.25, 0.3) is 0 Å². The summed E-state index contributed by atoms with van der Waals surface area (Å²) in [6.45, 7) is 5.57. The van der Waals surface area contributed by atoms with Crippen LogP contribution in [0.4, 0.5) is 4.79 Å². The van der Waals surface area contributed by atoms with Crippen LogP contribution < -0.4 is 5.32 Å². The van der Waals surface area contributed by atoms with Crippen LogP contribution in [0.15, 0.2) is 0 Å².